The Hall–Kier alpha value is -2.58. The molecule has 0 radical (unpaired) electrons. The molecule has 0 bridgehead atoms. The largest absolute Gasteiger partial charge is 0.193 e. The van der Waals surface area contributed by atoms with E-state index in [9.17, 15) is 0 Å². The van der Waals surface area contributed by atoms with E-state index in [-0.39, 0.29) is 0 Å². The molecule has 2 saturated carbocycles. The summed E-state index contributed by atoms with van der Waals surface area (Å²) in [6.07, 6.45) is 22.8. The van der Waals surface area contributed by atoms with Crippen LogP contribution in [0.1, 0.15) is 68.4 Å². The maximum atomic E-state index is 8.94. The SMILES string of the molecule is N#CC=CC=C[C@H]1CC[C@H](C=C[C@H]2CC[C@H](c3ccc(C#N)cc3)CC2)CC1. The van der Waals surface area contributed by atoms with Gasteiger partial charge in [-0.05, 0) is 92.7 Å². The second kappa shape index (κ2) is 10.7. The minimum Gasteiger partial charge on any atom is -0.193 e. The van der Waals surface area contributed by atoms with Gasteiger partial charge in [0.25, 0.3) is 0 Å². The van der Waals surface area contributed by atoms with Gasteiger partial charge in [0.05, 0.1) is 17.7 Å². The Bertz CT molecular complexity index is 769. The number of benzene rings is 1. The molecule has 0 saturated heterocycles. The van der Waals surface area contributed by atoms with Gasteiger partial charge in [-0.1, -0.05) is 42.5 Å². The second-order valence-corrected chi connectivity index (χ2v) is 8.28. The molecule has 2 fully saturated rings. The Kier molecular flexibility index (Phi) is 7.69. The normalized spacial score (nSPS) is 28.5. The van der Waals surface area contributed by atoms with Gasteiger partial charge in [0.15, 0.2) is 0 Å². The molecule has 0 amide bonds. The Labute approximate surface area is 169 Å². The Morgan fingerprint density at radius 2 is 1.21 bits per heavy atom. The third-order valence-electron chi connectivity index (χ3n) is 6.42. The molecule has 0 atom stereocenters. The van der Waals surface area contributed by atoms with Crippen LogP contribution >= 0.6 is 0 Å². The van der Waals surface area contributed by atoms with E-state index in [1.54, 1.807) is 0 Å². The van der Waals surface area contributed by atoms with Crippen LogP contribution in [0.2, 0.25) is 0 Å². The summed E-state index contributed by atoms with van der Waals surface area (Å²) in [4.78, 5) is 0. The van der Waals surface area contributed by atoms with Crippen LogP contribution in [0.25, 0.3) is 0 Å². The first-order valence-corrected chi connectivity index (χ1v) is 10.7. The van der Waals surface area contributed by atoms with E-state index in [4.69, 9.17) is 10.5 Å². The molecule has 0 heterocycles. The third-order valence-corrected chi connectivity index (χ3v) is 6.42. The molecule has 2 aliphatic carbocycles. The predicted molar refractivity (Wildman–Crippen MR) is 114 cm³/mol. The zero-order valence-corrected chi connectivity index (χ0v) is 16.6. The van der Waals surface area contributed by atoms with Crippen molar-refractivity contribution in [2.24, 2.45) is 17.8 Å². The van der Waals surface area contributed by atoms with Crippen molar-refractivity contribution in [3.05, 3.63) is 71.8 Å². The lowest BCUT2D eigenvalue weighted by atomic mass is 9.77. The lowest BCUT2D eigenvalue weighted by molar-refractivity contribution is 0.348. The molecular weight excluding hydrogens is 340 g/mol. The van der Waals surface area contributed by atoms with Gasteiger partial charge < -0.3 is 0 Å². The molecule has 0 aliphatic heterocycles. The number of nitrogens with zero attached hydrogens (tertiary/aromatic N) is 2. The fourth-order valence-corrected chi connectivity index (χ4v) is 4.64. The molecule has 1 aromatic carbocycles. The van der Waals surface area contributed by atoms with Crippen LogP contribution in [0.4, 0.5) is 0 Å². The van der Waals surface area contributed by atoms with Gasteiger partial charge in [0.1, 0.15) is 0 Å². The third kappa shape index (κ3) is 5.97. The van der Waals surface area contributed by atoms with Gasteiger partial charge >= 0.3 is 0 Å². The number of hydrogen-bond donors (Lipinski definition) is 0. The number of hydrogen-bond acceptors (Lipinski definition) is 2. The second-order valence-electron chi connectivity index (χ2n) is 8.28. The van der Waals surface area contributed by atoms with Crippen LogP contribution in [-0.4, -0.2) is 0 Å². The standard InChI is InChI=1S/C26H30N2/c27-19-3-1-2-4-21-5-7-22(8-6-21)9-10-23-11-15-25(16-12-23)26-17-13-24(20-28)14-18-26/h1-4,9-10,13-14,17-18,21-23,25H,5-8,11-12,15-16H2/t21-,22-,23-,25-. The molecule has 1 aromatic rings. The van der Waals surface area contributed by atoms with Gasteiger partial charge in [-0.25, -0.2) is 0 Å². The monoisotopic (exact) mass is 370 g/mol. The zero-order valence-electron chi connectivity index (χ0n) is 16.6. The van der Waals surface area contributed by atoms with Crippen LogP contribution in [-0.2, 0) is 0 Å². The maximum Gasteiger partial charge on any atom is 0.0991 e. The summed E-state index contributed by atoms with van der Waals surface area (Å²) in [5.41, 5.74) is 2.15. The van der Waals surface area contributed by atoms with Crippen molar-refractivity contribution in [3.63, 3.8) is 0 Å². The first-order chi connectivity index (χ1) is 13.8. The molecule has 0 spiro atoms. The van der Waals surface area contributed by atoms with Crippen molar-refractivity contribution in [3.8, 4) is 12.1 Å². The minimum absolute atomic E-state index is 0.662. The van der Waals surface area contributed by atoms with Gasteiger partial charge in [-0.3, -0.25) is 0 Å². The topological polar surface area (TPSA) is 47.6 Å². The van der Waals surface area contributed by atoms with Gasteiger partial charge in [0, 0.05) is 6.08 Å². The first kappa shape index (κ1) is 20.2. The number of rotatable bonds is 5. The highest BCUT2D eigenvalue weighted by Gasteiger charge is 2.22. The fourth-order valence-electron chi connectivity index (χ4n) is 4.64. The minimum atomic E-state index is 0.662. The van der Waals surface area contributed by atoms with Crippen LogP contribution in [0.3, 0.4) is 0 Å². The average Bonchev–Trinajstić information content (AvgIpc) is 2.76. The maximum absolute atomic E-state index is 8.94. The van der Waals surface area contributed by atoms with Crippen LogP contribution in [0.15, 0.2) is 60.7 Å². The number of nitriles is 2. The highest BCUT2D eigenvalue weighted by Crippen LogP contribution is 2.37. The Morgan fingerprint density at radius 3 is 1.75 bits per heavy atom. The van der Waals surface area contributed by atoms with Crippen molar-refractivity contribution in [2.45, 2.75) is 57.3 Å². The Balaban J connectivity index is 1.39. The van der Waals surface area contributed by atoms with Crippen molar-refractivity contribution in [2.75, 3.05) is 0 Å². The van der Waals surface area contributed by atoms with E-state index in [2.05, 4.69) is 36.4 Å². The molecule has 0 N–H and O–H groups in total. The van der Waals surface area contributed by atoms with Crippen molar-refractivity contribution in [1.29, 1.82) is 10.5 Å². The fraction of sp³-hybridized carbons (Fsp3) is 0.462. The van der Waals surface area contributed by atoms with E-state index >= 15 is 0 Å². The molecule has 2 aliphatic rings. The van der Waals surface area contributed by atoms with Gasteiger partial charge in [0.2, 0.25) is 0 Å². The van der Waals surface area contributed by atoms with E-state index < -0.39 is 0 Å². The summed E-state index contributed by atoms with van der Waals surface area (Å²) in [6.45, 7) is 0. The highest BCUT2D eigenvalue weighted by molar-refractivity contribution is 5.33. The van der Waals surface area contributed by atoms with Gasteiger partial charge in [-0.15, -0.1) is 0 Å². The van der Waals surface area contributed by atoms with Crippen LogP contribution in [0.5, 0.6) is 0 Å². The summed E-state index contributed by atoms with van der Waals surface area (Å²) in [5, 5.41) is 17.4. The lowest BCUT2D eigenvalue weighted by Gasteiger charge is -2.28. The van der Waals surface area contributed by atoms with Crippen molar-refractivity contribution >= 4 is 0 Å². The van der Waals surface area contributed by atoms with Crippen LogP contribution in [0, 0.1) is 40.4 Å². The molecule has 2 nitrogen and oxygen atoms in total. The molecule has 28 heavy (non-hydrogen) atoms. The van der Waals surface area contributed by atoms with Crippen molar-refractivity contribution < 1.29 is 0 Å². The predicted octanol–water partition coefficient (Wildman–Crippen LogP) is 6.83. The molecule has 0 aromatic heterocycles. The number of allylic oxidation sites excluding steroid dienone is 6. The van der Waals surface area contributed by atoms with Crippen LogP contribution < -0.4 is 0 Å². The molecule has 144 valence electrons. The Morgan fingerprint density at radius 1 is 0.679 bits per heavy atom. The van der Waals surface area contributed by atoms with Gasteiger partial charge in [-0.2, -0.15) is 10.5 Å². The summed E-state index contributed by atoms with van der Waals surface area (Å²) in [5.74, 6) is 2.82. The summed E-state index contributed by atoms with van der Waals surface area (Å²) >= 11 is 0. The summed E-state index contributed by atoms with van der Waals surface area (Å²) < 4.78 is 0. The average molecular weight is 371 g/mol. The summed E-state index contributed by atoms with van der Waals surface area (Å²) in [7, 11) is 0. The smallest absolute Gasteiger partial charge is 0.0991 e. The van der Waals surface area contributed by atoms with Crippen molar-refractivity contribution in [1.82, 2.24) is 0 Å². The molecule has 0 unspecified atom stereocenters. The summed E-state index contributed by atoms with van der Waals surface area (Å²) in [6, 6.07) is 12.4. The van der Waals surface area contributed by atoms with E-state index in [1.807, 2.05) is 30.4 Å². The quantitative estimate of drug-likeness (QED) is 0.324. The molecule has 2 heteroatoms. The molecule has 3 rings (SSSR count). The zero-order chi connectivity index (χ0) is 19.6. The van der Waals surface area contributed by atoms with E-state index in [0.29, 0.717) is 11.8 Å². The molecular formula is C26H30N2. The lowest BCUT2D eigenvalue weighted by Crippen LogP contribution is -2.14. The highest BCUT2D eigenvalue weighted by atomic mass is 14.3. The van der Waals surface area contributed by atoms with E-state index in [1.165, 1.54) is 63.0 Å². The first-order valence-electron chi connectivity index (χ1n) is 10.7. The van der Waals surface area contributed by atoms with E-state index in [0.717, 1.165) is 17.4 Å².